The Morgan fingerprint density at radius 3 is 2.46 bits per heavy atom. The van der Waals surface area contributed by atoms with Gasteiger partial charge >= 0.3 is 6.18 Å². The van der Waals surface area contributed by atoms with Crippen molar-refractivity contribution < 1.29 is 18.0 Å². The number of amides is 1. The zero-order chi connectivity index (χ0) is 19.9. The van der Waals surface area contributed by atoms with E-state index in [9.17, 15) is 18.0 Å². The highest BCUT2D eigenvalue weighted by atomic mass is 35.5. The summed E-state index contributed by atoms with van der Waals surface area (Å²) in [4.78, 5) is 14.4. The maximum absolute atomic E-state index is 13.7. The van der Waals surface area contributed by atoms with E-state index in [2.05, 4.69) is 10.4 Å². The van der Waals surface area contributed by atoms with Crippen LogP contribution in [0.1, 0.15) is 53.8 Å². The molecule has 0 unspecified atom stereocenters. The van der Waals surface area contributed by atoms with Crippen LogP contribution in [-0.4, -0.2) is 39.9 Å². The molecule has 1 saturated heterocycles. The van der Waals surface area contributed by atoms with E-state index in [-0.39, 0.29) is 23.8 Å². The van der Waals surface area contributed by atoms with Crippen LogP contribution in [0.5, 0.6) is 0 Å². The molecule has 3 heterocycles. The quantitative estimate of drug-likeness (QED) is 0.769. The SMILES string of the molecule is O=C(c1cc2n(n1)[C@H](C(F)(F)F)C[C@@H](c1ccc(Cl)cc1)N2)N1CCCCC1. The van der Waals surface area contributed by atoms with Crippen molar-refractivity contribution in [3.8, 4) is 0 Å². The number of carbonyl (C=O) groups is 1. The van der Waals surface area contributed by atoms with Gasteiger partial charge in [-0.15, -0.1) is 0 Å². The minimum absolute atomic E-state index is 0.0513. The second-order valence-corrected chi connectivity index (χ2v) is 7.69. The van der Waals surface area contributed by atoms with Crippen molar-refractivity contribution in [2.75, 3.05) is 18.4 Å². The van der Waals surface area contributed by atoms with Crippen LogP contribution >= 0.6 is 11.6 Å². The molecule has 0 aliphatic carbocycles. The number of hydrogen-bond donors (Lipinski definition) is 1. The fourth-order valence-corrected chi connectivity index (χ4v) is 3.98. The van der Waals surface area contributed by atoms with Gasteiger partial charge in [0.15, 0.2) is 11.7 Å². The Morgan fingerprint density at radius 2 is 1.82 bits per heavy atom. The van der Waals surface area contributed by atoms with Gasteiger partial charge in [0.05, 0.1) is 6.04 Å². The van der Waals surface area contributed by atoms with Gasteiger partial charge in [-0.1, -0.05) is 23.7 Å². The highest BCUT2D eigenvalue weighted by molar-refractivity contribution is 6.30. The summed E-state index contributed by atoms with van der Waals surface area (Å²) in [5.41, 5.74) is 0.755. The lowest BCUT2D eigenvalue weighted by Crippen LogP contribution is -2.37. The summed E-state index contributed by atoms with van der Waals surface area (Å²) in [6.07, 6.45) is -1.82. The van der Waals surface area contributed by atoms with Crippen LogP contribution in [0.4, 0.5) is 19.0 Å². The van der Waals surface area contributed by atoms with Gasteiger partial charge in [0.1, 0.15) is 5.82 Å². The number of hydrogen-bond acceptors (Lipinski definition) is 3. The van der Waals surface area contributed by atoms with E-state index >= 15 is 0 Å². The summed E-state index contributed by atoms with van der Waals surface area (Å²) >= 11 is 5.89. The summed E-state index contributed by atoms with van der Waals surface area (Å²) in [6.45, 7) is 1.23. The van der Waals surface area contributed by atoms with Crippen LogP contribution in [-0.2, 0) is 0 Å². The third kappa shape index (κ3) is 3.70. The molecule has 1 aromatic heterocycles. The Bertz CT molecular complexity index is 859. The summed E-state index contributed by atoms with van der Waals surface area (Å²) in [7, 11) is 0. The molecule has 2 atom stereocenters. The Kier molecular flexibility index (Phi) is 4.99. The minimum Gasteiger partial charge on any atom is -0.363 e. The molecule has 9 heteroatoms. The maximum atomic E-state index is 13.7. The molecule has 0 bridgehead atoms. The number of aromatic nitrogens is 2. The van der Waals surface area contributed by atoms with E-state index in [4.69, 9.17) is 11.6 Å². The molecule has 5 nitrogen and oxygen atoms in total. The molecule has 1 N–H and O–H groups in total. The third-order valence-corrected chi connectivity index (χ3v) is 5.58. The van der Waals surface area contributed by atoms with E-state index in [1.54, 1.807) is 29.2 Å². The van der Waals surface area contributed by atoms with Crippen LogP contribution in [0, 0.1) is 0 Å². The predicted octanol–water partition coefficient (Wildman–Crippen LogP) is 4.82. The van der Waals surface area contributed by atoms with Crippen molar-refractivity contribution >= 4 is 23.3 Å². The van der Waals surface area contributed by atoms with Crippen molar-refractivity contribution in [1.82, 2.24) is 14.7 Å². The topological polar surface area (TPSA) is 50.2 Å². The Labute approximate surface area is 165 Å². The van der Waals surface area contributed by atoms with E-state index in [1.165, 1.54) is 6.07 Å². The first-order valence-electron chi connectivity index (χ1n) is 9.30. The van der Waals surface area contributed by atoms with Gasteiger partial charge in [-0.2, -0.15) is 18.3 Å². The number of likely N-dealkylation sites (tertiary alicyclic amines) is 1. The van der Waals surface area contributed by atoms with Gasteiger partial charge in [0.2, 0.25) is 0 Å². The number of anilines is 1. The molecule has 2 aromatic rings. The first-order chi connectivity index (χ1) is 13.3. The third-order valence-electron chi connectivity index (χ3n) is 5.32. The lowest BCUT2D eigenvalue weighted by molar-refractivity contribution is -0.173. The molecule has 28 heavy (non-hydrogen) atoms. The number of rotatable bonds is 2. The molecule has 1 fully saturated rings. The van der Waals surface area contributed by atoms with Crippen molar-refractivity contribution in [2.24, 2.45) is 0 Å². The van der Waals surface area contributed by atoms with Gasteiger partial charge in [-0.25, -0.2) is 4.68 Å². The summed E-state index contributed by atoms with van der Waals surface area (Å²) < 4.78 is 42.1. The normalized spacial score (nSPS) is 22.5. The average molecular weight is 413 g/mol. The van der Waals surface area contributed by atoms with Crippen LogP contribution in [0.3, 0.4) is 0 Å². The minimum atomic E-state index is -4.47. The average Bonchev–Trinajstić information content (AvgIpc) is 3.11. The second kappa shape index (κ2) is 7.31. The van der Waals surface area contributed by atoms with Crippen LogP contribution in [0.2, 0.25) is 5.02 Å². The maximum Gasteiger partial charge on any atom is 0.410 e. The molecule has 0 radical (unpaired) electrons. The number of fused-ring (bicyclic) bond motifs is 1. The van der Waals surface area contributed by atoms with Crippen molar-refractivity contribution in [3.63, 3.8) is 0 Å². The number of carbonyl (C=O) groups excluding carboxylic acids is 1. The Hall–Kier alpha value is -2.22. The fourth-order valence-electron chi connectivity index (χ4n) is 3.85. The van der Waals surface area contributed by atoms with Gasteiger partial charge in [-0.05, 0) is 37.0 Å². The van der Waals surface area contributed by atoms with E-state index < -0.39 is 18.3 Å². The van der Waals surface area contributed by atoms with E-state index in [0.29, 0.717) is 23.7 Å². The smallest absolute Gasteiger partial charge is 0.363 e. The molecule has 0 saturated carbocycles. The molecular weight excluding hydrogens is 393 g/mol. The van der Waals surface area contributed by atoms with Gasteiger partial charge in [0, 0.05) is 30.6 Å². The van der Waals surface area contributed by atoms with E-state index in [0.717, 1.165) is 23.9 Å². The fraction of sp³-hybridized carbons (Fsp3) is 0.474. The monoisotopic (exact) mass is 412 g/mol. The van der Waals surface area contributed by atoms with Crippen molar-refractivity contribution in [3.05, 3.63) is 46.6 Å². The molecule has 1 aromatic carbocycles. The number of halogens is 4. The Balaban J connectivity index is 1.65. The first-order valence-corrected chi connectivity index (χ1v) is 9.68. The molecule has 4 rings (SSSR count). The zero-order valence-corrected chi connectivity index (χ0v) is 15.8. The Morgan fingerprint density at radius 1 is 1.14 bits per heavy atom. The largest absolute Gasteiger partial charge is 0.410 e. The summed E-state index contributed by atoms with van der Waals surface area (Å²) in [5.74, 6) is -0.110. The molecule has 0 spiro atoms. The lowest BCUT2D eigenvalue weighted by atomic mass is 9.97. The van der Waals surface area contributed by atoms with Crippen LogP contribution < -0.4 is 5.32 Å². The molecule has 1 amide bonds. The summed E-state index contributed by atoms with van der Waals surface area (Å²) in [5, 5.41) is 7.66. The zero-order valence-electron chi connectivity index (χ0n) is 15.0. The number of benzene rings is 1. The lowest BCUT2D eigenvalue weighted by Gasteiger charge is -2.33. The standard InChI is InChI=1S/C19H20ClF3N4O/c20-13-6-4-12(5-7-13)14-10-16(19(21,22)23)27-17(24-14)11-15(25-27)18(28)26-8-2-1-3-9-26/h4-7,11,14,16,24H,1-3,8-10H2/t14-,16-/m0/s1. The van der Waals surface area contributed by atoms with Crippen LogP contribution in [0.25, 0.3) is 0 Å². The molecule has 150 valence electrons. The molecular formula is C19H20ClF3N4O. The number of alkyl halides is 3. The van der Waals surface area contributed by atoms with Crippen molar-refractivity contribution in [1.29, 1.82) is 0 Å². The first kappa shape index (κ1) is 19.1. The number of piperidine rings is 1. The molecule has 2 aliphatic heterocycles. The number of nitrogens with zero attached hydrogens (tertiary/aromatic N) is 3. The highest BCUT2D eigenvalue weighted by Gasteiger charge is 2.47. The summed E-state index contributed by atoms with van der Waals surface area (Å²) in [6, 6.07) is 5.80. The highest BCUT2D eigenvalue weighted by Crippen LogP contribution is 2.43. The molecule has 2 aliphatic rings. The second-order valence-electron chi connectivity index (χ2n) is 7.25. The van der Waals surface area contributed by atoms with Crippen LogP contribution in [0.15, 0.2) is 30.3 Å². The predicted molar refractivity (Wildman–Crippen MR) is 99.5 cm³/mol. The van der Waals surface area contributed by atoms with E-state index in [1.807, 2.05) is 0 Å². The number of nitrogens with one attached hydrogen (secondary N) is 1. The van der Waals surface area contributed by atoms with Gasteiger partial charge < -0.3 is 10.2 Å². The van der Waals surface area contributed by atoms with Crippen molar-refractivity contribution in [2.45, 2.75) is 43.9 Å². The van der Waals surface area contributed by atoms with Gasteiger partial charge in [-0.3, -0.25) is 4.79 Å². The van der Waals surface area contributed by atoms with Gasteiger partial charge in [0.25, 0.3) is 5.91 Å².